The lowest BCUT2D eigenvalue weighted by Crippen LogP contribution is -2.44. The van der Waals surface area contributed by atoms with E-state index in [1.54, 1.807) is 6.07 Å². The fraction of sp³-hybridized carbons (Fsp3) is 0.522. The number of thiophene rings is 1. The molecule has 1 N–H and O–H groups in total. The number of benzene rings is 1. The summed E-state index contributed by atoms with van der Waals surface area (Å²) in [6.07, 6.45) is 4.80. The lowest BCUT2D eigenvalue weighted by atomic mass is 10.1. The molecule has 2 aliphatic heterocycles. The predicted octanol–water partition coefficient (Wildman–Crippen LogP) is 4.14. The van der Waals surface area contributed by atoms with Crippen LogP contribution in [0.25, 0.3) is 0 Å². The van der Waals surface area contributed by atoms with Gasteiger partial charge in [0, 0.05) is 49.2 Å². The Kier molecular flexibility index (Phi) is 7.57. The maximum atomic E-state index is 13.2. The second-order valence-corrected chi connectivity index (χ2v) is 11.9. The molecule has 2 aliphatic rings. The molecule has 0 spiro atoms. The van der Waals surface area contributed by atoms with Gasteiger partial charge in [-0.2, -0.15) is 4.31 Å². The van der Waals surface area contributed by atoms with Crippen LogP contribution in [0.5, 0.6) is 0 Å². The van der Waals surface area contributed by atoms with Crippen LogP contribution in [0.4, 0.5) is 0 Å². The zero-order valence-corrected chi connectivity index (χ0v) is 20.7. The van der Waals surface area contributed by atoms with Crippen LogP contribution in [-0.4, -0.2) is 55.8 Å². The lowest BCUT2D eigenvalue weighted by molar-refractivity contribution is 0.0932. The van der Waals surface area contributed by atoms with Crippen molar-refractivity contribution in [3.05, 3.63) is 50.7 Å². The molecule has 1 fully saturated rings. The summed E-state index contributed by atoms with van der Waals surface area (Å²) in [5.74, 6) is -0.283. The van der Waals surface area contributed by atoms with E-state index >= 15 is 0 Å². The molecule has 1 aromatic carbocycles. The topological polar surface area (TPSA) is 69.7 Å². The first-order valence-corrected chi connectivity index (χ1v) is 13.9. The first-order valence-electron chi connectivity index (χ1n) is 11.2. The van der Waals surface area contributed by atoms with Gasteiger partial charge in [0.15, 0.2) is 0 Å². The summed E-state index contributed by atoms with van der Waals surface area (Å²) in [7, 11) is -3.73. The molecule has 3 heterocycles. The molecule has 6 nitrogen and oxygen atoms in total. The third kappa shape index (κ3) is 5.20. The van der Waals surface area contributed by atoms with Gasteiger partial charge >= 0.3 is 0 Å². The molecule has 1 amide bonds. The largest absolute Gasteiger partial charge is 0.350 e. The van der Waals surface area contributed by atoms with E-state index in [0.717, 1.165) is 45.2 Å². The Morgan fingerprint density at radius 2 is 1.91 bits per heavy atom. The monoisotopic (exact) mass is 495 g/mol. The van der Waals surface area contributed by atoms with Gasteiger partial charge in [-0.3, -0.25) is 9.69 Å². The van der Waals surface area contributed by atoms with Crippen molar-refractivity contribution < 1.29 is 13.2 Å². The van der Waals surface area contributed by atoms with Crippen LogP contribution in [0.15, 0.2) is 34.5 Å². The number of fused-ring (bicyclic) bond motifs is 1. The summed E-state index contributed by atoms with van der Waals surface area (Å²) < 4.78 is 27.9. The summed E-state index contributed by atoms with van der Waals surface area (Å²) >= 11 is 8.07. The summed E-state index contributed by atoms with van der Waals surface area (Å²) in [4.78, 5) is 16.7. The molecule has 174 valence electrons. The molecule has 1 saturated heterocycles. The molecule has 0 saturated carbocycles. The van der Waals surface area contributed by atoms with Crippen molar-refractivity contribution in [1.82, 2.24) is 14.5 Å². The summed E-state index contributed by atoms with van der Waals surface area (Å²) in [5.41, 5.74) is 1.69. The van der Waals surface area contributed by atoms with E-state index in [-0.39, 0.29) is 21.9 Å². The number of carbonyl (C=O) groups is 1. The standard InChI is InChI=1S/C23H30ClN3O3S2/c1-17(26-12-8-21-19(16-26)9-13-31-21)15-25-23(28)18-6-7-20(24)22(14-18)32(29,30)27-10-4-2-3-5-11-27/h6-7,9,13-14,17H,2-5,8,10-12,15-16H2,1H3,(H,25,28). The highest BCUT2D eigenvalue weighted by Gasteiger charge is 2.28. The van der Waals surface area contributed by atoms with Gasteiger partial charge in [-0.1, -0.05) is 24.4 Å². The van der Waals surface area contributed by atoms with Gasteiger partial charge in [0.1, 0.15) is 4.90 Å². The van der Waals surface area contributed by atoms with E-state index in [9.17, 15) is 13.2 Å². The van der Waals surface area contributed by atoms with E-state index < -0.39 is 10.0 Å². The molecule has 1 unspecified atom stereocenters. The van der Waals surface area contributed by atoms with Crippen LogP contribution in [0.3, 0.4) is 0 Å². The van der Waals surface area contributed by atoms with Crippen molar-refractivity contribution in [1.29, 1.82) is 0 Å². The highest BCUT2D eigenvalue weighted by Crippen LogP contribution is 2.28. The SMILES string of the molecule is CC(CNC(=O)c1ccc(Cl)c(S(=O)(=O)N2CCCCCC2)c1)N1CCc2sccc2C1. The highest BCUT2D eigenvalue weighted by molar-refractivity contribution is 7.89. The van der Waals surface area contributed by atoms with Crippen LogP contribution in [-0.2, 0) is 23.0 Å². The van der Waals surface area contributed by atoms with Crippen LogP contribution in [0.1, 0.15) is 53.4 Å². The van der Waals surface area contributed by atoms with E-state index in [0.29, 0.717) is 25.2 Å². The Hall–Kier alpha value is -1.45. The van der Waals surface area contributed by atoms with Crippen LogP contribution < -0.4 is 5.32 Å². The smallest absolute Gasteiger partial charge is 0.251 e. The molecule has 9 heteroatoms. The average molecular weight is 496 g/mol. The molecular formula is C23H30ClN3O3S2. The maximum absolute atomic E-state index is 13.2. The van der Waals surface area contributed by atoms with Gasteiger partial charge in [0.05, 0.1) is 5.02 Å². The van der Waals surface area contributed by atoms with Gasteiger partial charge in [0.2, 0.25) is 10.0 Å². The molecule has 1 atom stereocenters. The number of nitrogens with one attached hydrogen (secondary N) is 1. The number of halogens is 1. The molecule has 1 aromatic heterocycles. The number of nitrogens with zero attached hydrogens (tertiary/aromatic N) is 2. The third-order valence-corrected chi connectivity index (χ3v) is 9.80. The number of hydrogen-bond acceptors (Lipinski definition) is 5. The number of amides is 1. The van der Waals surface area contributed by atoms with Gasteiger partial charge < -0.3 is 5.32 Å². The van der Waals surface area contributed by atoms with E-state index in [1.807, 2.05) is 11.3 Å². The van der Waals surface area contributed by atoms with Crippen molar-refractivity contribution in [3.63, 3.8) is 0 Å². The summed E-state index contributed by atoms with van der Waals surface area (Å²) in [6.45, 7) is 5.46. The summed E-state index contributed by atoms with van der Waals surface area (Å²) in [6, 6.07) is 6.87. The first kappa shape index (κ1) is 23.7. The molecule has 32 heavy (non-hydrogen) atoms. The van der Waals surface area contributed by atoms with Gasteiger partial charge in [-0.15, -0.1) is 11.3 Å². The third-order valence-electron chi connectivity index (χ3n) is 6.39. The second-order valence-electron chi connectivity index (χ2n) is 8.61. The van der Waals surface area contributed by atoms with E-state index in [2.05, 4.69) is 28.6 Å². The first-order chi connectivity index (χ1) is 15.4. The molecule has 0 bridgehead atoms. The molecule has 4 rings (SSSR count). The van der Waals surface area contributed by atoms with Crippen molar-refractivity contribution in [2.24, 2.45) is 0 Å². The van der Waals surface area contributed by atoms with Crippen LogP contribution in [0.2, 0.25) is 5.02 Å². The molecular weight excluding hydrogens is 466 g/mol. The number of hydrogen-bond donors (Lipinski definition) is 1. The molecule has 0 radical (unpaired) electrons. The van der Waals surface area contributed by atoms with Crippen molar-refractivity contribution in [3.8, 4) is 0 Å². The van der Waals surface area contributed by atoms with Crippen molar-refractivity contribution in [2.75, 3.05) is 26.2 Å². The lowest BCUT2D eigenvalue weighted by Gasteiger charge is -2.32. The molecule has 2 aromatic rings. The Labute approximate surface area is 199 Å². The van der Waals surface area contributed by atoms with E-state index in [4.69, 9.17) is 11.6 Å². The number of sulfonamides is 1. The van der Waals surface area contributed by atoms with E-state index in [1.165, 1.54) is 26.9 Å². The minimum absolute atomic E-state index is 0.0165. The Morgan fingerprint density at radius 1 is 1.16 bits per heavy atom. The molecule has 0 aliphatic carbocycles. The van der Waals surface area contributed by atoms with Gasteiger partial charge in [-0.05, 0) is 61.4 Å². The zero-order chi connectivity index (χ0) is 22.7. The minimum atomic E-state index is -3.73. The maximum Gasteiger partial charge on any atom is 0.251 e. The van der Waals surface area contributed by atoms with Crippen LogP contribution >= 0.6 is 22.9 Å². The number of carbonyl (C=O) groups excluding carboxylic acids is 1. The summed E-state index contributed by atoms with van der Waals surface area (Å²) in [5, 5.41) is 5.26. The van der Waals surface area contributed by atoms with Crippen molar-refractivity contribution >= 4 is 38.9 Å². The average Bonchev–Trinajstić information content (AvgIpc) is 3.08. The number of rotatable bonds is 6. The fourth-order valence-electron chi connectivity index (χ4n) is 4.38. The van der Waals surface area contributed by atoms with Gasteiger partial charge in [-0.25, -0.2) is 8.42 Å². The fourth-order valence-corrected chi connectivity index (χ4v) is 7.29. The highest BCUT2D eigenvalue weighted by atomic mass is 35.5. The van der Waals surface area contributed by atoms with Crippen molar-refractivity contribution in [2.45, 2.75) is 56.5 Å². The van der Waals surface area contributed by atoms with Gasteiger partial charge in [0.25, 0.3) is 5.91 Å². The van der Waals surface area contributed by atoms with Crippen LogP contribution in [0, 0.1) is 0 Å². The predicted molar refractivity (Wildman–Crippen MR) is 129 cm³/mol. The second kappa shape index (κ2) is 10.2. The quantitative estimate of drug-likeness (QED) is 0.653. The normalized spacial score (nSPS) is 19.2. The zero-order valence-electron chi connectivity index (χ0n) is 18.3. The Morgan fingerprint density at radius 3 is 2.66 bits per heavy atom. The Balaban J connectivity index is 1.42. The Bertz CT molecular complexity index is 1060. The minimum Gasteiger partial charge on any atom is -0.350 e.